The Morgan fingerprint density at radius 3 is 2.79 bits per heavy atom. The van der Waals surface area contributed by atoms with E-state index in [-0.39, 0.29) is 12.4 Å². The summed E-state index contributed by atoms with van der Waals surface area (Å²) in [6.07, 6.45) is 4.36. The van der Waals surface area contributed by atoms with Crippen molar-refractivity contribution in [1.29, 1.82) is 0 Å². The van der Waals surface area contributed by atoms with Crippen molar-refractivity contribution in [2.45, 2.75) is 38.4 Å². The third-order valence-corrected chi connectivity index (χ3v) is 3.61. The topological polar surface area (TPSA) is 38.7 Å². The van der Waals surface area contributed by atoms with Gasteiger partial charge in [-0.05, 0) is 24.7 Å². The van der Waals surface area contributed by atoms with E-state index >= 15 is 0 Å². The van der Waals surface area contributed by atoms with Crippen LogP contribution < -0.4 is 0 Å². The molecule has 2 rings (SSSR count). The van der Waals surface area contributed by atoms with Gasteiger partial charge in [0.15, 0.2) is 5.79 Å². The smallest absolute Gasteiger partial charge is 0.168 e. The molecule has 1 spiro atoms. The lowest BCUT2D eigenvalue weighted by atomic mass is 9.78. The van der Waals surface area contributed by atoms with Gasteiger partial charge in [0.1, 0.15) is 0 Å². The molecule has 1 aliphatic heterocycles. The lowest BCUT2D eigenvalue weighted by Gasteiger charge is -2.38. The second kappa shape index (κ2) is 4.17. The first-order chi connectivity index (χ1) is 6.76. The van der Waals surface area contributed by atoms with Crippen molar-refractivity contribution in [2.75, 3.05) is 19.8 Å². The van der Waals surface area contributed by atoms with Crippen LogP contribution in [0.3, 0.4) is 0 Å². The van der Waals surface area contributed by atoms with Crippen molar-refractivity contribution in [3.63, 3.8) is 0 Å². The van der Waals surface area contributed by atoms with Gasteiger partial charge in [-0.2, -0.15) is 0 Å². The molecule has 82 valence electrons. The molecule has 1 saturated heterocycles. The molecule has 14 heavy (non-hydrogen) atoms. The van der Waals surface area contributed by atoms with E-state index in [0.717, 1.165) is 32.5 Å². The van der Waals surface area contributed by atoms with Crippen LogP contribution in [-0.4, -0.2) is 30.7 Å². The van der Waals surface area contributed by atoms with Gasteiger partial charge in [-0.15, -0.1) is 0 Å². The molecule has 0 radical (unpaired) electrons. The van der Waals surface area contributed by atoms with Crippen LogP contribution in [0, 0.1) is 11.8 Å². The Morgan fingerprint density at radius 1 is 1.43 bits per heavy atom. The highest BCUT2D eigenvalue weighted by atomic mass is 16.7. The normalized spacial score (nSPS) is 33.4. The molecule has 1 aliphatic carbocycles. The summed E-state index contributed by atoms with van der Waals surface area (Å²) in [7, 11) is 0. The zero-order chi connectivity index (χ0) is 10.0. The van der Waals surface area contributed by atoms with Gasteiger partial charge < -0.3 is 14.6 Å². The van der Waals surface area contributed by atoms with E-state index in [9.17, 15) is 0 Å². The van der Waals surface area contributed by atoms with Crippen LogP contribution in [0.5, 0.6) is 0 Å². The fourth-order valence-electron chi connectivity index (χ4n) is 2.63. The third kappa shape index (κ3) is 1.95. The summed E-state index contributed by atoms with van der Waals surface area (Å²) < 4.78 is 11.4. The van der Waals surface area contributed by atoms with E-state index in [2.05, 4.69) is 6.92 Å². The monoisotopic (exact) mass is 200 g/mol. The standard InChI is InChI=1S/C11H20O3/c1-9(8-12)10-3-2-4-11(7-10)13-5-6-14-11/h9-10,12H,2-8H2,1H3/t9-,10+/m0/s1. The zero-order valence-electron chi connectivity index (χ0n) is 8.87. The quantitative estimate of drug-likeness (QED) is 0.735. The van der Waals surface area contributed by atoms with Crippen LogP contribution in [0.1, 0.15) is 32.6 Å². The van der Waals surface area contributed by atoms with E-state index in [0.29, 0.717) is 11.8 Å². The van der Waals surface area contributed by atoms with Crippen molar-refractivity contribution in [2.24, 2.45) is 11.8 Å². The highest BCUT2D eigenvalue weighted by molar-refractivity contribution is 4.85. The summed E-state index contributed by atoms with van der Waals surface area (Å²) in [5.41, 5.74) is 0. The Kier molecular flexibility index (Phi) is 3.10. The van der Waals surface area contributed by atoms with Crippen molar-refractivity contribution in [3.05, 3.63) is 0 Å². The van der Waals surface area contributed by atoms with Crippen molar-refractivity contribution in [3.8, 4) is 0 Å². The van der Waals surface area contributed by atoms with E-state index < -0.39 is 0 Å². The van der Waals surface area contributed by atoms with E-state index in [1.54, 1.807) is 0 Å². The molecule has 0 unspecified atom stereocenters. The predicted octanol–water partition coefficient (Wildman–Crippen LogP) is 1.55. The lowest BCUT2D eigenvalue weighted by Crippen LogP contribution is -2.38. The molecule has 2 fully saturated rings. The van der Waals surface area contributed by atoms with Crippen LogP contribution in [0.4, 0.5) is 0 Å². The fourth-order valence-corrected chi connectivity index (χ4v) is 2.63. The Hall–Kier alpha value is -0.120. The SMILES string of the molecule is C[C@@H](CO)[C@@H]1CCCC2(C1)OCCO2. The number of hydrogen-bond acceptors (Lipinski definition) is 3. The summed E-state index contributed by atoms with van der Waals surface area (Å²) in [6.45, 7) is 3.86. The molecule has 0 aromatic rings. The minimum atomic E-state index is -0.285. The lowest BCUT2D eigenvalue weighted by molar-refractivity contribution is -0.191. The molecule has 2 atom stereocenters. The van der Waals surface area contributed by atoms with Gasteiger partial charge >= 0.3 is 0 Å². The summed E-state index contributed by atoms with van der Waals surface area (Å²) in [5, 5.41) is 9.14. The van der Waals surface area contributed by atoms with Gasteiger partial charge in [0.05, 0.1) is 13.2 Å². The van der Waals surface area contributed by atoms with E-state index in [4.69, 9.17) is 14.6 Å². The average Bonchev–Trinajstić information content (AvgIpc) is 2.65. The van der Waals surface area contributed by atoms with Crippen LogP contribution in [-0.2, 0) is 9.47 Å². The van der Waals surface area contributed by atoms with E-state index in [1.165, 1.54) is 6.42 Å². The molecule has 3 heteroatoms. The fraction of sp³-hybridized carbons (Fsp3) is 1.00. The number of hydrogen-bond donors (Lipinski definition) is 1. The average molecular weight is 200 g/mol. The highest BCUT2D eigenvalue weighted by Gasteiger charge is 2.42. The summed E-state index contributed by atoms with van der Waals surface area (Å²) in [5.74, 6) is 0.652. The van der Waals surface area contributed by atoms with Crippen LogP contribution in [0.2, 0.25) is 0 Å². The maximum atomic E-state index is 9.14. The van der Waals surface area contributed by atoms with Crippen LogP contribution >= 0.6 is 0 Å². The molecular formula is C11H20O3. The second-order valence-corrected chi connectivity index (χ2v) is 4.62. The number of aliphatic hydroxyl groups excluding tert-OH is 1. The first-order valence-corrected chi connectivity index (χ1v) is 5.64. The van der Waals surface area contributed by atoms with Crippen molar-refractivity contribution >= 4 is 0 Å². The molecule has 1 heterocycles. The minimum absolute atomic E-state index is 0.279. The van der Waals surface area contributed by atoms with Gasteiger partial charge in [0, 0.05) is 19.4 Å². The van der Waals surface area contributed by atoms with Gasteiger partial charge in [0.25, 0.3) is 0 Å². The summed E-state index contributed by atoms with van der Waals surface area (Å²) >= 11 is 0. The molecular weight excluding hydrogens is 180 g/mol. The van der Waals surface area contributed by atoms with Gasteiger partial charge in [-0.25, -0.2) is 0 Å². The molecule has 0 aromatic carbocycles. The zero-order valence-corrected chi connectivity index (χ0v) is 8.87. The molecule has 3 nitrogen and oxygen atoms in total. The highest BCUT2D eigenvalue weighted by Crippen LogP contribution is 2.41. The molecule has 1 saturated carbocycles. The van der Waals surface area contributed by atoms with Gasteiger partial charge in [-0.1, -0.05) is 6.92 Å². The first kappa shape index (κ1) is 10.4. The predicted molar refractivity (Wildman–Crippen MR) is 52.8 cm³/mol. The Morgan fingerprint density at radius 2 is 2.14 bits per heavy atom. The maximum absolute atomic E-state index is 9.14. The third-order valence-electron chi connectivity index (χ3n) is 3.61. The molecule has 0 bridgehead atoms. The Balaban J connectivity index is 1.96. The summed E-state index contributed by atoms with van der Waals surface area (Å²) in [4.78, 5) is 0. The van der Waals surface area contributed by atoms with Crippen molar-refractivity contribution < 1.29 is 14.6 Å². The second-order valence-electron chi connectivity index (χ2n) is 4.62. The largest absolute Gasteiger partial charge is 0.396 e. The number of rotatable bonds is 2. The van der Waals surface area contributed by atoms with E-state index in [1.807, 2.05) is 0 Å². The Bertz CT molecular complexity index is 187. The molecule has 1 N–H and O–H groups in total. The Labute approximate surface area is 85.4 Å². The minimum Gasteiger partial charge on any atom is -0.396 e. The molecule has 0 aromatic heterocycles. The number of ether oxygens (including phenoxy) is 2. The number of aliphatic hydroxyl groups is 1. The van der Waals surface area contributed by atoms with Gasteiger partial charge in [-0.3, -0.25) is 0 Å². The maximum Gasteiger partial charge on any atom is 0.168 e. The molecule has 2 aliphatic rings. The van der Waals surface area contributed by atoms with Gasteiger partial charge in [0.2, 0.25) is 0 Å². The van der Waals surface area contributed by atoms with Crippen LogP contribution in [0.25, 0.3) is 0 Å². The van der Waals surface area contributed by atoms with Crippen LogP contribution in [0.15, 0.2) is 0 Å². The van der Waals surface area contributed by atoms with Crippen molar-refractivity contribution in [1.82, 2.24) is 0 Å². The summed E-state index contributed by atoms with van der Waals surface area (Å²) in [6, 6.07) is 0. The first-order valence-electron chi connectivity index (χ1n) is 5.64. The molecule has 0 amide bonds.